The van der Waals surface area contributed by atoms with E-state index in [1.807, 2.05) is 68.3 Å². The SMILES string of the molecule is CN(C)c1ccc(C(c2ccc(N(C)C)cc2)c2cccc(S(=O)(=O)O)c2)cc1.[Na+]. The van der Waals surface area contributed by atoms with Crippen LogP contribution in [-0.2, 0) is 10.1 Å². The van der Waals surface area contributed by atoms with E-state index in [0.717, 1.165) is 28.1 Å². The van der Waals surface area contributed by atoms with Crippen molar-refractivity contribution in [1.29, 1.82) is 0 Å². The average molecular weight is 434 g/mol. The van der Waals surface area contributed by atoms with Crippen molar-refractivity contribution in [3.8, 4) is 0 Å². The molecule has 0 aromatic heterocycles. The molecule has 0 heterocycles. The molecule has 3 aromatic rings. The van der Waals surface area contributed by atoms with E-state index in [0.29, 0.717) is 0 Å². The van der Waals surface area contributed by atoms with Crippen LogP contribution in [0.4, 0.5) is 11.4 Å². The number of rotatable bonds is 6. The smallest absolute Gasteiger partial charge is 0.378 e. The number of hydrogen-bond acceptors (Lipinski definition) is 4. The molecule has 0 amide bonds. The zero-order valence-corrected chi connectivity index (χ0v) is 20.9. The molecular weight excluding hydrogens is 407 g/mol. The summed E-state index contributed by atoms with van der Waals surface area (Å²) in [6, 6.07) is 22.9. The largest absolute Gasteiger partial charge is 1.00 e. The molecule has 5 nitrogen and oxygen atoms in total. The van der Waals surface area contributed by atoms with Gasteiger partial charge in [0.25, 0.3) is 10.1 Å². The Morgan fingerprint density at radius 2 is 1.13 bits per heavy atom. The molecule has 3 rings (SSSR count). The fourth-order valence-electron chi connectivity index (χ4n) is 3.36. The summed E-state index contributed by atoms with van der Waals surface area (Å²) in [5.41, 5.74) is 5.06. The van der Waals surface area contributed by atoms with Gasteiger partial charge in [-0.3, -0.25) is 4.55 Å². The molecule has 0 aliphatic carbocycles. The minimum atomic E-state index is -4.27. The molecule has 1 N–H and O–H groups in total. The van der Waals surface area contributed by atoms with Crippen LogP contribution < -0.4 is 39.4 Å². The van der Waals surface area contributed by atoms with E-state index < -0.39 is 10.1 Å². The Labute approximate surface area is 201 Å². The second-order valence-corrected chi connectivity index (χ2v) is 8.87. The van der Waals surface area contributed by atoms with Gasteiger partial charge in [0.1, 0.15) is 0 Å². The summed E-state index contributed by atoms with van der Waals surface area (Å²) in [5, 5.41) is 0. The fourth-order valence-corrected chi connectivity index (χ4v) is 3.90. The third kappa shape index (κ3) is 5.65. The summed E-state index contributed by atoms with van der Waals surface area (Å²) >= 11 is 0. The molecule has 30 heavy (non-hydrogen) atoms. The summed E-state index contributed by atoms with van der Waals surface area (Å²) < 4.78 is 32.8. The molecule has 0 aliphatic heterocycles. The third-order valence-corrected chi connectivity index (χ3v) is 5.82. The monoisotopic (exact) mass is 433 g/mol. The Balaban J connectivity index is 0.00000320. The van der Waals surface area contributed by atoms with Gasteiger partial charge in [0.2, 0.25) is 0 Å². The molecule has 152 valence electrons. The van der Waals surface area contributed by atoms with Gasteiger partial charge >= 0.3 is 29.6 Å². The summed E-state index contributed by atoms with van der Waals surface area (Å²) in [4.78, 5) is 3.96. The van der Waals surface area contributed by atoms with Crippen molar-refractivity contribution in [3.63, 3.8) is 0 Å². The zero-order valence-electron chi connectivity index (χ0n) is 18.1. The minimum absolute atomic E-state index is 0. The molecule has 0 bridgehead atoms. The second kappa shape index (κ2) is 9.98. The Hall–Kier alpha value is -1.83. The summed E-state index contributed by atoms with van der Waals surface area (Å²) in [6.45, 7) is 0. The fraction of sp³-hybridized carbons (Fsp3) is 0.217. The van der Waals surface area contributed by atoms with E-state index >= 15 is 0 Å². The van der Waals surface area contributed by atoms with Crippen molar-refractivity contribution >= 4 is 21.5 Å². The van der Waals surface area contributed by atoms with Gasteiger partial charge in [-0.2, -0.15) is 8.42 Å². The van der Waals surface area contributed by atoms with Crippen molar-refractivity contribution in [2.75, 3.05) is 38.0 Å². The van der Waals surface area contributed by atoms with Crippen LogP contribution in [0.3, 0.4) is 0 Å². The number of nitrogens with zero attached hydrogens (tertiary/aromatic N) is 2. The third-order valence-electron chi connectivity index (χ3n) is 4.97. The first-order valence-corrected chi connectivity index (χ1v) is 10.7. The van der Waals surface area contributed by atoms with E-state index in [1.165, 1.54) is 6.07 Å². The normalized spacial score (nSPS) is 11.1. The predicted molar refractivity (Wildman–Crippen MR) is 119 cm³/mol. The van der Waals surface area contributed by atoms with Crippen molar-refractivity contribution in [2.45, 2.75) is 10.8 Å². The second-order valence-electron chi connectivity index (χ2n) is 7.45. The van der Waals surface area contributed by atoms with Gasteiger partial charge in [0.15, 0.2) is 0 Å². The molecule has 0 saturated heterocycles. The van der Waals surface area contributed by atoms with E-state index in [-0.39, 0.29) is 40.4 Å². The van der Waals surface area contributed by atoms with Crippen LogP contribution >= 0.6 is 0 Å². The molecule has 0 fully saturated rings. The van der Waals surface area contributed by atoms with Crippen LogP contribution in [0.2, 0.25) is 0 Å². The van der Waals surface area contributed by atoms with Gasteiger partial charge in [0, 0.05) is 45.5 Å². The standard InChI is InChI=1S/C23H26N2O3S.Na/c1-24(2)20-12-8-17(9-13-20)23(18-10-14-21(15-11-18)25(3)4)19-6-5-7-22(16-19)29(26,27)28;/h5-16,23H,1-4H3,(H,26,27,28);/q;+1. The molecule has 7 heteroatoms. The van der Waals surface area contributed by atoms with Gasteiger partial charge in [0.05, 0.1) is 4.90 Å². The Morgan fingerprint density at radius 3 is 1.50 bits per heavy atom. The topological polar surface area (TPSA) is 60.9 Å². The van der Waals surface area contributed by atoms with Gasteiger partial charge in [-0.05, 0) is 53.1 Å². The molecule has 0 spiro atoms. The first-order valence-electron chi connectivity index (χ1n) is 9.29. The van der Waals surface area contributed by atoms with E-state index in [9.17, 15) is 13.0 Å². The predicted octanol–water partition coefficient (Wildman–Crippen LogP) is 1.25. The molecule has 0 unspecified atom stereocenters. The van der Waals surface area contributed by atoms with E-state index in [4.69, 9.17) is 0 Å². The zero-order chi connectivity index (χ0) is 21.2. The van der Waals surface area contributed by atoms with Crippen molar-refractivity contribution in [2.24, 2.45) is 0 Å². The number of anilines is 2. The Bertz CT molecular complexity index is 1030. The summed E-state index contributed by atoms with van der Waals surface area (Å²) in [6.07, 6.45) is 0. The van der Waals surface area contributed by atoms with Crippen LogP contribution in [0.25, 0.3) is 0 Å². The molecule has 0 aliphatic rings. The number of hydrogen-bond donors (Lipinski definition) is 1. The van der Waals surface area contributed by atoms with Gasteiger partial charge in [-0.1, -0.05) is 36.4 Å². The maximum atomic E-state index is 11.7. The average Bonchev–Trinajstić information content (AvgIpc) is 2.68. The van der Waals surface area contributed by atoms with Crippen molar-refractivity contribution in [3.05, 3.63) is 89.5 Å². The van der Waals surface area contributed by atoms with Crippen molar-refractivity contribution in [1.82, 2.24) is 0 Å². The molecule has 0 atom stereocenters. The first-order chi connectivity index (χ1) is 13.7. The van der Waals surface area contributed by atoms with Gasteiger partial charge in [-0.15, -0.1) is 0 Å². The van der Waals surface area contributed by atoms with Crippen LogP contribution in [0, 0.1) is 0 Å². The first kappa shape index (κ1) is 24.4. The van der Waals surface area contributed by atoms with E-state index in [2.05, 4.69) is 24.3 Å². The minimum Gasteiger partial charge on any atom is -0.378 e. The quantitative estimate of drug-likeness (QED) is 0.360. The molecule has 0 radical (unpaired) electrons. The molecule has 0 saturated carbocycles. The summed E-state index contributed by atoms with van der Waals surface area (Å²) in [5.74, 6) is -0.163. The van der Waals surface area contributed by atoms with Crippen LogP contribution in [0.5, 0.6) is 0 Å². The van der Waals surface area contributed by atoms with E-state index in [1.54, 1.807) is 12.1 Å². The van der Waals surface area contributed by atoms with Crippen LogP contribution in [0.15, 0.2) is 77.7 Å². The maximum absolute atomic E-state index is 11.7. The maximum Gasteiger partial charge on any atom is 1.00 e. The summed E-state index contributed by atoms with van der Waals surface area (Å²) in [7, 11) is 3.68. The van der Waals surface area contributed by atoms with Gasteiger partial charge in [-0.25, -0.2) is 0 Å². The Kier molecular flexibility index (Phi) is 8.13. The molecular formula is C23H26N2NaO3S+. The van der Waals surface area contributed by atoms with Crippen molar-refractivity contribution < 1.29 is 42.5 Å². The van der Waals surface area contributed by atoms with Crippen LogP contribution in [-0.4, -0.2) is 41.2 Å². The van der Waals surface area contributed by atoms with Gasteiger partial charge < -0.3 is 9.80 Å². The Morgan fingerprint density at radius 1 is 0.700 bits per heavy atom. The van der Waals surface area contributed by atoms with Crippen LogP contribution in [0.1, 0.15) is 22.6 Å². The number of benzene rings is 3. The molecule has 3 aromatic carbocycles.